The van der Waals surface area contributed by atoms with Gasteiger partial charge in [-0.25, -0.2) is 8.42 Å². The highest BCUT2D eigenvalue weighted by molar-refractivity contribution is 7.89. The van der Waals surface area contributed by atoms with Gasteiger partial charge >= 0.3 is 5.97 Å². The summed E-state index contributed by atoms with van der Waals surface area (Å²) in [6, 6.07) is 1.55. The number of nitrogens with zero attached hydrogens (tertiary/aromatic N) is 2. The Labute approximate surface area is 139 Å². The first-order chi connectivity index (χ1) is 11.1. The van der Waals surface area contributed by atoms with Crippen LogP contribution in [0, 0.1) is 29.9 Å². The van der Waals surface area contributed by atoms with Gasteiger partial charge < -0.3 is 5.11 Å². The van der Waals surface area contributed by atoms with Gasteiger partial charge in [-0.15, -0.1) is 0 Å². The molecule has 2 aliphatic heterocycles. The molecule has 1 N–H and O–H groups in total. The molecule has 0 radical (unpaired) electrons. The van der Waals surface area contributed by atoms with Gasteiger partial charge in [-0.05, 0) is 50.3 Å². The Balaban J connectivity index is 2.11. The molecule has 0 aliphatic carbocycles. The van der Waals surface area contributed by atoms with Gasteiger partial charge in [-0.2, -0.15) is 4.31 Å². The van der Waals surface area contributed by atoms with E-state index in [0.29, 0.717) is 24.0 Å². The number of rotatable bonds is 4. The molecule has 9 heteroatoms. The number of fused-ring (bicyclic) bond motifs is 2. The van der Waals surface area contributed by atoms with E-state index in [-0.39, 0.29) is 11.3 Å². The van der Waals surface area contributed by atoms with Crippen LogP contribution in [-0.2, 0) is 14.8 Å². The zero-order valence-corrected chi connectivity index (χ0v) is 14.1. The molecule has 2 heterocycles. The summed E-state index contributed by atoms with van der Waals surface area (Å²) in [6.45, 7) is 3.37. The Kier molecular flexibility index (Phi) is 3.88. The number of aryl methyl sites for hydroxylation is 2. The van der Waals surface area contributed by atoms with Crippen molar-refractivity contribution in [1.82, 2.24) is 4.31 Å². The molecular weight excluding hydrogens is 336 g/mol. The molecule has 2 aliphatic rings. The fourth-order valence-electron chi connectivity index (χ4n) is 3.82. The van der Waals surface area contributed by atoms with Crippen LogP contribution in [0.4, 0.5) is 5.69 Å². The van der Waals surface area contributed by atoms with Crippen molar-refractivity contribution >= 4 is 21.7 Å². The molecule has 1 aromatic rings. The second kappa shape index (κ2) is 5.52. The van der Waals surface area contributed by atoms with E-state index >= 15 is 0 Å². The lowest BCUT2D eigenvalue weighted by Gasteiger charge is -2.22. The molecule has 0 amide bonds. The van der Waals surface area contributed by atoms with Gasteiger partial charge in [0, 0.05) is 18.2 Å². The van der Waals surface area contributed by atoms with Gasteiger partial charge in [0.1, 0.15) is 0 Å². The van der Waals surface area contributed by atoms with E-state index in [9.17, 15) is 28.4 Å². The third-order valence-electron chi connectivity index (χ3n) is 5.12. The summed E-state index contributed by atoms with van der Waals surface area (Å²) in [7, 11) is -4.13. The SMILES string of the molecule is Cc1cc([N+](=O)[O-])c(S(=O)(=O)N2C3CCC2C(C(=O)O)C3)cc1C. The molecule has 2 fully saturated rings. The van der Waals surface area contributed by atoms with Gasteiger partial charge in [-0.3, -0.25) is 14.9 Å². The van der Waals surface area contributed by atoms with Gasteiger partial charge in [0.15, 0.2) is 4.90 Å². The number of nitro benzene ring substituents is 1. The molecular formula is C15H18N2O6S. The van der Waals surface area contributed by atoms with E-state index in [1.165, 1.54) is 16.4 Å². The third kappa shape index (κ3) is 2.39. The summed E-state index contributed by atoms with van der Waals surface area (Å²) in [6.07, 6.45) is 1.32. The van der Waals surface area contributed by atoms with Crippen LogP contribution < -0.4 is 0 Å². The summed E-state index contributed by atoms with van der Waals surface area (Å²) < 4.78 is 27.4. The average molecular weight is 354 g/mol. The van der Waals surface area contributed by atoms with Crippen LogP contribution in [0.25, 0.3) is 0 Å². The number of sulfonamides is 1. The van der Waals surface area contributed by atoms with E-state index in [2.05, 4.69) is 0 Å². The van der Waals surface area contributed by atoms with Gasteiger partial charge in [-0.1, -0.05) is 0 Å². The molecule has 24 heavy (non-hydrogen) atoms. The monoisotopic (exact) mass is 354 g/mol. The quantitative estimate of drug-likeness (QED) is 0.651. The smallest absolute Gasteiger partial charge is 0.308 e. The second-order valence-corrected chi connectivity index (χ2v) is 8.29. The summed E-state index contributed by atoms with van der Waals surface area (Å²) in [5.74, 6) is -1.76. The molecule has 1 aromatic carbocycles. The maximum atomic E-state index is 13.1. The minimum absolute atomic E-state index is 0.262. The topological polar surface area (TPSA) is 118 Å². The van der Waals surface area contributed by atoms with Crippen molar-refractivity contribution in [3.05, 3.63) is 33.4 Å². The second-order valence-electron chi connectivity index (χ2n) is 6.48. The van der Waals surface area contributed by atoms with Crippen LogP contribution in [-0.4, -0.2) is 40.8 Å². The van der Waals surface area contributed by atoms with Crippen molar-refractivity contribution in [1.29, 1.82) is 0 Å². The molecule has 0 saturated carbocycles. The van der Waals surface area contributed by atoms with Crippen molar-refractivity contribution in [2.45, 2.75) is 50.1 Å². The normalized spacial score (nSPS) is 26.7. The number of hydrogen-bond acceptors (Lipinski definition) is 5. The van der Waals surface area contributed by atoms with Crippen molar-refractivity contribution in [3.8, 4) is 0 Å². The zero-order valence-electron chi connectivity index (χ0n) is 13.3. The predicted octanol–water partition coefficient (Wildman–Crippen LogP) is 1.84. The maximum absolute atomic E-state index is 13.1. The first-order valence-corrected chi connectivity index (χ1v) is 9.10. The summed E-state index contributed by atoms with van der Waals surface area (Å²) in [5.41, 5.74) is 0.810. The van der Waals surface area contributed by atoms with Gasteiger partial charge in [0.25, 0.3) is 5.69 Å². The number of aliphatic carboxylic acids is 1. The fourth-order valence-corrected chi connectivity index (χ4v) is 5.96. The summed E-state index contributed by atoms with van der Waals surface area (Å²) in [4.78, 5) is 21.6. The Morgan fingerprint density at radius 1 is 1.29 bits per heavy atom. The largest absolute Gasteiger partial charge is 0.481 e. The van der Waals surface area contributed by atoms with E-state index in [4.69, 9.17) is 0 Å². The summed E-state index contributed by atoms with van der Waals surface area (Å²) in [5, 5.41) is 20.6. The molecule has 0 spiro atoms. The average Bonchev–Trinajstić information content (AvgIpc) is 3.07. The highest BCUT2D eigenvalue weighted by atomic mass is 32.2. The molecule has 3 unspecified atom stereocenters. The lowest BCUT2D eigenvalue weighted by Crippen LogP contribution is -2.38. The van der Waals surface area contributed by atoms with Crippen LogP contribution in [0.5, 0.6) is 0 Å². The minimum atomic E-state index is -4.13. The highest BCUT2D eigenvalue weighted by Gasteiger charge is 2.55. The highest BCUT2D eigenvalue weighted by Crippen LogP contribution is 2.46. The van der Waals surface area contributed by atoms with E-state index in [0.717, 1.165) is 0 Å². The molecule has 3 rings (SSSR count). The van der Waals surface area contributed by atoms with E-state index in [1.54, 1.807) is 13.8 Å². The zero-order chi connectivity index (χ0) is 17.8. The molecule has 0 aromatic heterocycles. The Morgan fingerprint density at radius 2 is 1.92 bits per heavy atom. The number of hydrogen-bond donors (Lipinski definition) is 1. The maximum Gasteiger partial charge on any atom is 0.308 e. The van der Waals surface area contributed by atoms with Crippen LogP contribution >= 0.6 is 0 Å². The van der Waals surface area contributed by atoms with Crippen LogP contribution in [0.2, 0.25) is 0 Å². The first kappa shape index (κ1) is 16.8. The van der Waals surface area contributed by atoms with Crippen molar-refractivity contribution in [3.63, 3.8) is 0 Å². The lowest BCUT2D eigenvalue weighted by atomic mass is 9.89. The summed E-state index contributed by atoms with van der Waals surface area (Å²) >= 11 is 0. The molecule has 8 nitrogen and oxygen atoms in total. The number of carbonyl (C=O) groups is 1. The minimum Gasteiger partial charge on any atom is -0.481 e. The molecule has 3 atom stereocenters. The third-order valence-corrected chi connectivity index (χ3v) is 7.12. The fraction of sp³-hybridized carbons (Fsp3) is 0.533. The Morgan fingerprint density at radius 3 is 2.46 bits per heavy atom. The Bertz CT molecular complexity index is 835. The molecule has 2 saturated heterocycles. The van der Waals surface area contributed by atoms with Crippen LogP contribution in [0.3, 0.4) is 0 Å². The number of benzene rings is 1. The number of nitro groups is 1. The van der Waals surface area contributed by atoms with Gasteiger partial charge in [0.05, 0.1) is 10.8 Å². The van der Waals surface area contributed by atoms with Crippen molar-refractivity contribution in [2.24, 2.45) is 5.92 Å². The first-order valence-electron chi connectivity index (χ1n) is 7.66. The van der Waals surface area contributed by atoms with Crippen molar-refractivity contribution in [2.75, 3.05) is 0 Å². The molecule has 130 valence electrons. The number of carboxylic acid groups (broad SMARTS) is 1. The van der Waals surface area contributed by atoms with Crippen LogP contribution in [0.15, 0.2) is 17.0 Å². The van der Waals surface area contributed by atoms with Crippen LogP contribution in [0.1, 0.15) is 30.4 Å². The Hall–Kier alpha value is -2.00. The number of carboxylic acids is 1. The van der Waals surface area contributed by atoms with Gasteiger partial charge in [0.2, 0.25) is 10.0 Å². The molecule has 2 bridgehead atoms. The van der Waals surface area contributed by atoms with E-state index < -0.39 is 44.6 Å². The van der Waals surface area contributed by atoms with E-state index in [1.807, 2.05) is 0 Å². The lowest BCUT2D eigenvalue weighted by molar-refractivity contribution is -0.387. The standard InChI is InChI=1S/C15H18N2O6S/c1-8-5-13(17(20)21)14(6-9(8)2)24(22,23)16-10-3-4-12(16)11(7-10)15(18)19/h5-6,10-12H,3-4,7H2,1-2H3,(H,18,19). The predicted molar refractivity (Wildman–Crippen MR) is 84.1 cm³/mol. The van der Waals surface area contributed by atoms with Crippen molar-refractivity contribution < 1.29 is 23.2 Å².